The van der Waals surface area contributed by atoms with Crippen LogP contribution in [0.2, 0.25) is 0 Å². The van der Waals surface area contributed by atoms with Gasteiger partial charge in [-0.15, -0.1) is 0 Å². The molecule has 0 heterocycles. The molecular formula is C6H10N2. The molecule has 0 aromatic carbocycles. The Balaban J connectivity index is 3.57. The van der Waals surface area contributed by atoms with Crippen molar-refractivity contribution >= 4 is 0 Å². The standard InChI is InChI=1S/C6H10N2/c1-2-3-4-5-6(7)8/h2-5H,1,7-8H2/b4-3-. The molecule has 0 aromatic heterocycles. The molecule has 0 unspecified atom stereocenters. The lowest BCUT2D eigenvalue weighted by Crippen LogP contribution is -2.06. The lowest BCUT2D eigenvalue weighted by molar-refractivity contribution is 1.25. The van der Waals surface area contributed by atoms with Gasteiger partial charge in [0.25, 0.3) is 0 Å². The van der Waals surface area contributed by atoms with Crippen molar-refractivity contribution in [1.82, 2.24) is 0 Å². The van der Waals surface area contributed by atoms with Crippen LogP contribution in [-0.4, -0.2) is 0 Å². The fourth-order valence-electron chi connectivity index (χ4n) is 0.245. The topological polar surface area (TPSA) is 52.0 Å². The second kappa shape index (κ2) is 3.99. The van der Waals surface area contributed by atoms with Crippen molar-refractivity contribution in [2.24, 2.45) is 11.5 Å². The quantitative estimate of drug-likeness (QED) is 0.508. The van der Waals surface area contributed by atoms with Crippen LogP contribution < -0.4 is 11.5 Å². The van der Waals surface area contributed by atoms with E-state index in [1.807, 2.05) is 0 Å². The first-order valence-electron chi connectivity index (χ1n) is 2.27. The zero-order chi connectivity index (χ0) is 6.41. The fraction of sp³-hybridized carbons (Fsp3) is 0. The van der Waals surface area contributed by atoms with E-state index in [0.29, 0.717) is 5.82 Å². The second-order valence-corrected chi connectivity index (χ2v) is 1.29. The van der Waals surface area contributed by atoms with E-state index in [0.717, 1.165) is 0 Å². The van der Waals surface area contributed by atoms with Crippen molar-refractivity contribution in [1.29, 1.82) is 0 Å². The summed E-state index contributed by atoms with van der Waals surface area (Å²) in [6.07, 6.45) is 6.73. The van der Waals surface area contributed by atoms with Gasteiger partial charge in [-0.25, -0.2) is 0 Å². The molecule has 0 rings (SSSR count). The monoisotopic (exact) mass is 110 g/mol. The van der Waals surface area contributed by atoms with Gasteiger partial charge in [-0.05, 0) is 6.08 Å². The molecule has 2 heteroatoms. The summed E-state index contributed by atoms with van der Waals surface area (Å²) in [4.78, 5) is 0. The summed E-state index contributed by atoms with van der Waals surface area (Å²) in [6.45, 7) is 3.46. The summed E-state index contributed by atoms with van der Waals surface area (Å²) < 4.78 is 0. The first kappa shape index (κ1) is 6.82. The molecule has 0 aliphatic rings. The average Bonchev–Trinajstić information content (AvgIpc) is 1.66. The third kappa shape index (κ3) is 4.82. The maximum atomic E-state index is 5.09. The summed E-state index contributed by atoms with van der Waals surface area (Å²) in [6, 6.07) is 0. The van der Waals surface area contributed by atoms with Crippen molar-refractivity contribution in [2.75, 3.05) is 0 Å². The summed E-state index contributed by atoms with van der Waals surface area (Å²) in [5.74, 6) is 0.308. The lowest BCUT2D eigenvalue weighted by Gasteiger charge is -1.81. The van der Waals surface area contributed by atoms with E-state index in [4.69, 9.17) is 11.5 Å². The Morgan fingerprint density at radius 2 is 1.88 bits per heavy atom. The van der Waals surface area contributed by atoms with Crippen LogP contribution >= 0.6 is 0 Å². The number of nitrogens with two attached hydrogens (primary N) is 2. The van der Waals surface area contributed by atoms with Gasteiger partial charge in [-0.2, -0.15) is 0 Å². The molecule has 0 aliphatic heterocycles. The molecule has 0 bridgehead atoms. The SMILES string of the molecule is C=C/C=C\C=C(N)N. The van der Waals surface area contributed by atoms with Crippen LogP contribution in [0.5, 0.6) is 0 Å². The zero-order valence-electron chi connectivity index (χ0n) is 4.67. The average molecular weight is 110 g/mol. The first-order chi connectivity index (χ1) is 3.77. The van der Waals surface area contributed by atoms with Crippen molar-refractivity contribution in [2.45, 2.75) is 0 Å². The highest BCUT2D eigenvalue weighted by molar-refractivity contribution is 5.11. The smallest absolute Gasteiger partial charge is 0.0933 e. The predicted octanol–water partition coefficient (Wildman–Crippen LogP) is 0.487. The number of hydrogen-bond acceptors (Lipinski definition) is 2. The molecule has 44 valence electrons. The van der Waals surface area contributed by atoms with Crippen molar-refractivity contribution in [3.05, 3.63) is 36.7 Å². The Kier molecular flexibility index (Phi) is 3.40. The largest absolute Gasteiger partial charge is 0.386 e. The third-order valence-electron chi connectivity index (χ3n) is 0.536. The van der Waals surface area contributed by atoms with Crippen LogP contribution in [0.4, 0.5) is 0 Å². The summed E-state index contributed by atoms with van der Waals surface area (Å²) >= 11 is 0. The maximum Gasteiger partial charge on any atom is 0.0933 e. The highest BCUT2D eigenvalue weighted by Crippen LogP contribution is 1.75. The Hall–Kier alpha value is -1.18. The van der Waals surface area contributed by atoms with E-state index < -0.39 is 0 Å². The van der Waals surface area contributed by atoms with Gasteiger partial charge >= 0.3 is 0 Å². The summed E-state index contributed by atoms with van der Waals surface area (Å²) in [5.41, 5.74) is 10.2. The molecular weight excluding hydrogens is 100 g/mol. The van der Waals surface area contributed by atoms with Gasteiger partial charge in [0.1, 0.15) is 0 Å². The molecule has 0 aromatic rings. The predicted molar refractivity (Wildman–Crippen MR) is 35.8 cm³/mol. The van der Waals surface area contributed by atoms with Gasteiger partial charge in [0.05, 0.1) is 5.82 Å². The van der Waals surface area contributed by atoms with E-state index in [1.54, 1.807) is 24.3 Å². The Labute approximate surface area is 49.2 Å². The van der Waals surface area contributed by atoms with Gasteiger partial charge in [-0.1, -0.05) is 24.8 Å². The van der Waals surface area contributed by atoms with Crippen LogP contribution in [-0.2, 0) is 0 Å². The van der Waals surface area contributed by atoms with Crippen LogP contribution in [0.3, 0.4) is 0 Å². The molecule has 4 N–H and O–H groups in total. The van der Waals surface area contributed by atoms with Crippen LogP contribution in [0.15, 0.2) is 36.7 Å². The third-order valence-corrected chi connectivity index (χ3v) is 0.536. The zero-order valence-corrected chi connectivity index (χ0v) is 4.67. The minimum absolute atomic E-state index is 0.308. The highest BCUT2D eigenvalue weighted by atomic mass is 14.8. The molecule has 0 fully saturated rings. The van der Waals surface area contributed by atoms with Gasteiger partial charge < -0.3 is 11.5 Å². The second-order valence-electron chi connectivity index (χ2n) is 1.29. The fourth-order valence-corrected chi connectivity index (χ4v) is 0.245. The number of allylic oxidation sites excluding steroid dienone is 4. The maximum absolute atomic E-state index is 5.09. The lowest BCUT2D eigenvalue weighted by atomic mass is 10.4. The minimum Gasteiger partial charge on any atom is -0.386 e. The van der Waals surface area contributed by atoms with Gasteiger partial charge in [0, 0.05) is 0 Å². The molecule has 0 saturated carbocycles. The normalized spacial score (nSPS) is 9.00. The molecule has 2 nitrogen and oxygen atoms in total. The number of rotatable bonds is 2. The van der Waals surface area contributed by atoms with E-state index >= 15 is 0 Å². The molecule has 0 radical (unpaired) electrons. The summed E-state index contributed by atoms with van der Waals surface area (Å²) in [7, 11) is 0. The van der Waals surface area contributed by atoms with Gasteiger partial charge in [-0.3, -0.25) is 0 Å². The first-order valence-corrected chi connectivity index (χ1v) is 2.27. The van der Waals surface area contributed by atoms with E-state index in [2.05, 4.69) is 6.58 Å². The molecule has 0 aliphatic carbocycles. The molecule has 0 atom stereocenters. The van der Waals surface area contributed by atoms with Crippen LogP contribution in [0, 0.1) is 0 Å². The van der Waals surface area contributed by atoms with E-state index in [-0.39, 0.29) is 0 Å². The van der Waals surface area contributed by atoms with E-state index in [1.165, 1.54) is 0 Å². The minimum atomic E-state index is 0.308. The highest BCUT2D eigenvalue weighted by Gasteiger charge is 1.66. The molecule has 8 heavy (non-hydrogen) atoms. The molecule has 0 spiro atoms. The van der Waals surface area contributed by atoms with Crippen molar-refractivity contribution < 1.29 is 0 Å². The van der Waals surface area contributed by atoms with Crippen LogP contribution in [0.1, 0.15) is 0 Å². The van der Waals surface area contributed by atoms with Crippen LogP contribution in [0.25, 0.3) is 0 Å². The van der Waals surface area contributed by atoms with Gasteiger partial charge in [0.2, 0.25) is 0 Å². The van der Waals surface area contributed by atoms with Crippen molar-refractivity contribution in [3.63, 3.8) is 0 Å². The van der Waals surface area contributed by atoms with E-state index in [9.17, 15) is 0 Å². The summed E-state index contributed by atoms with van der Waals surface area (Å²) in [5, 5.41) is 0. The number of hydrogen-bond donors (Lipinski definition) is 2. The van der Waals surface area contributed by atoms with Gasteiger partial charge in [0.15, 0.2) is 0 Å². The van der Waals surface area contributed by atoms with Crippen molar-refractivity contribution in [3.8, 4) is 0 Å². The Morgan fingerprint density at radius 1 is 1.25 bits per heavy atom. The molecule has 0 amide bonds. The molecule has 0 saturated heterocycles. The Bertz CT molecular complexity index is 118. The Morgan fingerprint density at radius 3 is 2.25 bits per heavy atom.